The quantitative estimate of drug-likeness (QED) is 0.219. The summed E-state index contributed by atoms with van der Waals surface area (Å²) in [4.78, 5) is 33.0. The van der Waals surface area contributed by atoms with Crippen LogP contribution >= 0.6 is 11.8 Å². The Morgan fingerprint density at radius 3 is 2.19 bits per heavy atom. The van der Waals surface area contributed by atoms with Crippen molar-refractivity contribution in [2.24, 2.45) is 0 Å². The van der Waals surface area contributed by atoms with E-state index in [0.717, 1.165) is 30.2 Å². The number of hydrogen-bond acceptors (Lipinski definition) is 9. The van der Waals surface area contributed by atoms with Crippen LogP contribution in [0.15, 0.2) is 76.5 Å². The number of benzene rings is 3. The Balaban J connectivity index is 0.000000507. The Hall–Kier alpha value is -4.70. The van der Waals surface area contributed by atoms with E-state index in [1.165, 1.54) is 33.0 Å². The highest BCUT2D eigenvalue weighted by molar-refractivity contribution is 8.14. The summed E-state index contributed by atoms with van der Waals surface area (Å²) >= 11 is 1.01. The number of ether oxygens (including phenoxy) is 4. The number of carbonyl (C=O) groups excluding carboxylic acids is 2. The Kier molecular flexibility index (Phi) is 10.3. The largest absolute Gasteiger partial charge is 0.493 e. The summed E-state index contributed by atoms with van der Waals surface area (Å²) in [6, 6.07) is 18.5. The number of methoxy groups -OCH3 is 3. The van der Waals surface area contributed by atoms with Crippen molar-refractivity contribution >= 4 is 40.0 Å². The van der Waals surface area contributed by atoms with Gasteiger partial charge in [-0.2, -0.15) is 0 Å². The van der Waals surface area contributed by atoms with Crippen molar-refractivity contribution in [2.45, 2.75) is 12.8 Å². The van der Waals surface area contributed by atoms with Gasteiger partial charge in [0.05, 0.1) is 39.1 Å². The fraction of sp³-hybridized carbons (Fsp3) is 0.219. The molecule has 0 atom stereocenters. The molecule has 218 valence electrons. The lowest BCUT2D eigenvalue weighted by molar-refractivity contribution is -0.117. The molecule has 0 bridgehead atoms. The zero-order valence-corrected chi connectivity index (χ0v) is 24.4. The van der Waals surface area contributed by atoms with Gasteiger partial charge < -0.3 is 23.4 Å². The second-order valence-electron chi connectivity index (χ2n) is 9.07. The first kappa shape index (κ1) is 30.3. The number of fused-ring (bicyclic) bond motifs is 1. The van der Waals surface area contributed by atoms with E-state index in [1.807, 2.05) is 6.08 Å². The minimum absolute atomic E-state index is 0.149. The molecule has 0 aliphatic carbocycles. The summed E-state index contributed by atoms with van der Waals surface area (Å²) in [5.74, 6) is 2.55. The summed E-state index contributed by atoms with van der Waals surface area (Å²) in [5.41, 5.74) is 3.28. The maximum atomic E-state index is 12.8. The predicted octanol–water partition coefficient (Wildman–Crippen LogP) is 6.11. The first-order valence-corrected chi connectivity index (χ1v) is 14.0. The smallest absolute Gasteiger partial charge is 0.286 e. The molecule has 3 aromatic carbocycles. The minimum atomic E-state index is -0.231. The fourth-order valence-corrected chi connectivity index (χ4v) is 4.71. The first-order chi connectivity index (χ1) is 20.3. The van der Waals surface area contributed by atoms with Crippen LogP contribution in [0.4, 0.5) is 4.79 Å². The molecule has 2 amide bonds. The van der Waals surface area contributed by atoms with Gasteiger partial charge in [-0.05, 0) is 48.2 Å². The third-order valence-electron chi connectivity index (χ3n) is 6.32. The number of thioether (sulfide) groups is 1. The second-order valence-corrected chi connectivity index (χ2v) is 10.0. The number of hydrogen-bond donors (Lipinski definition) is 1. The van der Waals surface area contributed by atoms with Crippen LogP contribution in [0.3, 0.4) is 0 Å². The highest BCUT2D eigenvalue weighted by Gasteiger charge is 2.17. The molecule has 5 rings (SSSR count). The molecule has 10 heteroatoms. The van der Waals surface area contributed by atoms with Crippen LogP contribution in [0.1, 0.15) is 17.5 Å². The molecule has 0 spiro atoms. The van der Waals surface area contributed by atoms with Crippen molar-refractivity contribution in [2.75, 3.05) is 33.7 Å². The minimum Gasteiger partial charge on any atom is -0.493 e. The lowest BCUT2D eigenvalue weighted by Gasteiger charge is -2.14. The molecule has 4 aromatic rings. The number of rotatable bonds is 10. The van der Waals surface area contributed by atoms with E-state index in [-0.39, 0.29) is 16.6 Å². The zero-order chi connectivity index (χ0) is 30.1. The number of carbonyl (C=O) groups is 2. The van der Waals surface area contributed by atoms with Crippen molar-refractivity contribution in [1.29, 1.82) is 0 Å². The van der Waals surface area contributed by atoms with Gasteiger partial charge in [0.25, 0.3) is 5.24 Å². The van der Waals surface area contributed by atoms with Crippen LogP contribution in [0.2, 0.25) is 0 Å². The van der Waals surface area contributed by atoms with Crippen LogP contribution in [0.5, 0.6) is 23.0 Å². The summed E-state index contributed by atoms with van der Waals surface area (Å²) in [6.45, 7) is 4.33. The van der Waals surface area contributed by atoms with Gasteiger partial charge in [-0.15, -0.1) is 0 Å². The molecular weight excluding hydrogens is 558 g/mol. The van der Waals surface area contributed by atoms with Crippen molar-refractivity contribution < 1.29 is 33.0 Å². The number of amides is 2. The molecule has 1 N–H and O–H groups in total. The second kappa shape index (κ2) is 14.3. The van der Waals surface area contributed by atoms with Gasteiger partial charge in [-0.25, -0.2) is 0 Å². The molecule has 1 aromatic heterocycles. The molecule has 0 unspecified atom stereocenters. The molecule has 0 radical (unpaired) electrons. The highest BCUT2D eigenvalue weighted by atomic mass is 32.2. The Bertz CT molecular complexity index is 1610. The molecular formula is C32H31NO8S. The van der Waals surface area contributed by atoms with Gasteiger partial charge in [0.2, 0.25) is 11.7 Å². The van der Waals surface area contributed by atoms with Gasteiger partial charge >= 0.3 is 0 Å². The molecule has 1 aliphatic heterocycles. The van der Waals surface area contributed by atoms with Crippen LogP contribution in [-0.4, -0.2) is 44.8 Å². The van der Waals surface area contributed by atoms with E-state index in [9.17, 15) is 14.4 Å². The average Bonchev–Trinajstić information content (AvgIpc) is 3.40. The Morgan fingerprint density at radius 2 is 1.64 bits per heavy atom. The van der Waals surface area contributed by atoms with Gasteiger partial charge in [0.1, 0.15) is 17.1 Å². The highest BCUT2D eigenvalue weighted by Crippen LogP contribution is 2.41. The van der Waals surface area contributed by atoms with E-state index >= 15 is 0 Å². The summed E-state index contributed by atoms with van der Waals surface area (Å²) in [5, 5.41) is 2.35. The van der Waals surface area contributed by atoms with E-state index in [0.29, 0.717) is 57.7 Å². The first-order valence-electron chi connectivity index (χ1n) is 13.0. The number of nitrogens with one attached hydrogen (secondary N) is 1. The Morgan fingerprint density at radius 1 is 0.929 bits per heavy atom. The summed E-state index contributed by atoms with van der Waals surface area (Å²) < 4.78 is 28.3. The van der Waals surface area contributed by atoms with Gasteiger partial charge in [0, 0.05) is 17.7 Å². The van der Waals surface area contributed by atoms with E-state index in [4.69, 9.17) is 23.4 Å². The van der Waals surface area contributed by atoms with Crippen LogP contribution in [0, 0.1) is 0 Å². The zero-order valence-electron chi connectivity index (χ0n) is 23.6. The molecule has 1 saturated heterocycles. The molecule has 42 heavy (non-hydrogen) atoms. The van der Waals surface area contributed by atoms with E-state index in [1.54, 1.807) is 30.3 Å². The molecule has 2 heterocycles. The molecule has 0 saturated carbocycles. The molecule has 9 nitrogen and oxygen atoms in total. The van der Waals surface area contributed by atoms with Crippen molar-refractivity contribution in [3.8, 4) is 34.3 Å². The van der Waals surface area contributed by atoms with Crippen LogP contribution in [-0.2, 0) is 11.2 Å². The van der Waals surface area contributed by atoms with Crippen LogP contribution < -0.4 is 29.7 Å². The average molecular weight is 590 g/mol. The van der Waals surface area contributed by atoms with Crippen molar-refractivity contribution in [1.82, 2.24) is 5.32 Å². The van der Waals surface area contributed by atoms with Gasteiger partial charge in [-0.3, -0.25) is 19.7 Å². The fourth-order valence-electron chi connectivity index (χ4n) is 4.19. The lowest BCUT2D eigenvalue weighted by Crippen LogP contribution is -2.18. The lowest BCUT2D eigenvalue weighted by atomic mass is 10.1. The standard InChI is InChI=1S/C29H28O6.C3H3NO2S/c1-5-19-8-10-20(11-9-19)7-6-14-34-22-12-13-23-24(30)18-25(35-26(23)17-22)21-15-27(31-2)29(33-4)28(16-21)32-3;5-2-1-7-3(6)4-2/h5,8-13,15-18H,1,6-7,14H2,2-4H3;1H2,(H,4,5,6). The molecule has 1 fully saturated rings. The predicted molar refractivity (Wildman–Crippen MR) is 164 cm³/mol. The summed E-state index contributed by atoms with van der Waals surface area (Å²) in [7, 11) is 4.62. The van der Waals surface area contributed by atoms with Crippen LogP contribution in [0.25, 0.3) is 28.4 Å². The topological polar surface area (TPSA) is 113 Å². The number of imide groups is 1. The monoisotopic (exact) mass is 589 g/mol. The SMILES string of the molecule is C=Cc1ccc(CCCOc2ccc3c(=O)cc(-c4cc(OC)c(OC)c(OC)c4)oc3c2)cc1.O=C1CSC(=O)N1. The Labute approximate surface area is 247 Å². The van der Waals surface area contributed by atoms with E-state index < -0.39 is 0 Å². The third-order valence-corrected chi connectivity index (χ3v) is 7.09. The summed E-state index contributed by atoms with van der Waals surface area (Å²) in [6.07, 6.45) is 3.60. The van der Waals surface area contributed by atoms with Gasteiger partial charge in [0.15, 0.2) is 16.9 Å². The van der Waals surface area contributed by atoms with Crippen molar-refractivity contribution in [3.63, 3.8) is 0 Å². The third kappa shape index (κ3) is 7.52. The van der Waals surface area contributed by atoms with Crippen molar-refractivity contribution in [3.05, 3.63) is 88.6 Å². The van der Waals surface area contributed by atoms with Gasteiger partial charge in [-0.1, -0.05) is 48.7 Å². The normalized spacial score (nSPS) is 12.3. The maximum absolute atomic E-state index is 12.8. The number of aryl methyl sites for hydroxylation is 1. The maximum Gasteiger partial charge on any atom is 0.286 e. The molecule has 1 aliphatic rings. The van der Waals surface area contributed by atoms with E-state index in [2.05, 4.69) is 36.2 Å².